The van der Waals surface area contributed by atoms with E-state index >= 15 is 0 Å². The summed E-state index contributed by atoms with van der Waals surface area (Å²) < 4.78 is 45.6. The minimum atomic E-state index is -4.32. The zero-order valence-corrected chi connectivity index (χ0v) is 94.0. The number of hydrogen-bond donors (Lipinski definition) is 3. The molecule has 0 spiro atoms. The van der Waals surface area contributed by atoms with Gasteiger partial charge in [-0.2, -0.15) is 53.9 Å². The van der Waals surface area contributed by atoms with Crippen LogP contribution in [0.1, 0.15) is 72.1 Å². The minimum Gasteiger partial charge on any atom is -0.512 e. The first-order valence-corrected chi connectivity index (χ1v) is 43.2. The Bertz CT molecular complexity index is 6730. The number of carbonyl (C=O) groups excluding carboxylic acids is 3. The number of nitrogens with zero attached hydrogens (tertiary/aromatic N) is 8. The number of alkyl halides is 3. The molecule has 27 heteroatoms. The van der Waals surface area contributed by atoms with Gasteiger partial charge >= 0.3 is 6.18 Å². The largest absolute Gasteiger partial charge is 0.512 e. The van der Waals surface area contributed by atoms with Crippen LogP contribution in [-0.2, 0) is 168 Å². The van der Waals surface area contributed by atoms with E-state index in [1.165, 1.54) is 115 Å². The Hall–Kier alpha value is -11.4. The van der Waals surface area contributed by atoms with E-state index < -0.39 is 11.7 Å². The van der Waals surface area contributed by atoms with E-state index in [9.17, 15) is 27.6 Å². The first-order chi connectivity index (χ1) is 63.8. The molecule has 1 aliphatic carbocycles. The van der Waals surface area contributed by atoms with E-state index in [0.717, 1.165) is 83.7 Å². The Morgan fingerprint density at radius 3 is 1.45 bits per heavy atom. The van der Waals surface area contributed by atoms with Crippen LogP contribution in [0, 0.1) is 42.5 Å². The molecule has 8 aromatic heterocycles. The smallest absolute Gasteiger partial charge is 0.381 e. The molecule has 8 heterocycles. The van der Waals surface area contributed by atoms with Gasteiger partial charge < -0.3 is 39.7 Å². The summed E-state index contributed by atoms with van der Waals surface area (Å²) in [5.74, 6) is 0.435. The molecule has 1 aliphatic rings. The van der Waals surface area contributed by atoms with Gasteiger partial charge in [-0.05, 0) is 147 Å². The number of hydrogen-bond acceptors (Lipinski definition) is 16. The van der Waals surface area contributed by atoms with Crippen molar-refractivity contribution in [1.29, 1.82) is 0 Å². The summed E-state index contributed by atoms with van der Waals surface area (Å²) in [7, 11) is 0. The number of allylic oxidation sites excluding steroid dienone is 6. The number of halogens is 3. The number of fused-ring (bicyclic) bond motifs is 6. The zero-order valence-electron chi connectivity index (χ0n) is 75.7. The number of oxazole rings is 1. The number of ketones is 3. The molecule has 3 N–H and O–H groups in total. The van der Waals surface area contributed by atoms with Crippen LogP contribution in [0.25, 0.3) is 126 Å². The van der Waals surface area contributed by atoms with Crippen molar-refractivity contribution < 1.29 is 189 Å². The fourth-order valence-corrected chi connectivity index (χ4v) is 14.7. The third-order valence-electron chi connectivity index (χ3n) is 18.9. The SMILES string of the molecule is CC(=O)C=C(C)O.CC(=O)C=C(C)O.CC(=O)C=C(C)O.CC1(C)c2ccccc2-c2c[c-]c(-n3cccn3)cc21.FC(F)(F)c1c[c-]c(-c2ccccn2)cc1.[Ir].[Ir].[Ir].[Ir].[Ir].[Ir].[Pt].[c-]1ccc(-c2ccccc2)cc1-c1ccccn1.[c-]1ccc2ccccc2c1-c1nc2ccccc2s1.[c-]1ccccc1-c1ccccn1.[c-]1ccccc1-c1nc2ccccc2o1.[c-]1ccsc1-c1ccccn1. The van der Waals surface area contributed by atoms with Crippen LogP contribution < -0.4 is 0 Å². The Balaban J connectivity index is 0.000000327. The van der Waals surface area contributed by atoms with Crippen molar-refractivity contribution in [3.05, 3.63) is 459 Å². The number of rotatable bonds is 11. The van der Waals surface area contributed by atoms with Crippen molar-refractivity contribution in [2.45, 2.75) is 67.0 Å². The molecule has 6 radical (unpaired) electrons. The Labute approximate surface area is 911 Å². The predicted octanol–water partition coefficient (Wildman–Crippen LogP) is 28.2. The van der Waals surface area contributed by atoms with Gasteiger partial charge in [0.15, 0.2) is 17.3 Å². The van der Waals surface area contributed by atoms with E-state index in [1.807, 2.05) is 192 Å². The molecule has 724 valence electrons. The van der Waals surface area contributed by atoms with Gasteiger partial charge in [-0.25, -0.2) is 11.3 Å². The third kappa shape index (κ3) is 37.9. The zero-order chi connectivity index (χ0) is 93.6. The van der Waals surface area contributed by atoms with Crippen LogP contribution in [0.2, 0.25) is 0 Å². The average molecular weight is 3130 g/mol. The summed E-state index contributed by atoms with van der Waals surface area (Å²) in [5, 5.41) is 34.9. The predicted molar refractivity (Wildman–Crippen MR) is 523 cm³/mol. The molecular formula is C112H90F3Ir6N8O7PtS2-7. The molecule has 11 aromatic carbocycles. The van der Waals surface area contributed by atoms with Crippen LogP contribution in [0.4, 0.5) is 13.2 Å². The van der Waals surface area contributed by atoms with Crippen LogP contribution in [0.5, 0.6) is 0 Å². The standard InChI is InChI=1S/C18H15N2.C17H10NS.C17H12N.C13H8NO.C12H7F3N.C11H8N.C9H6NS.3C5H8O2.6Ir.Pt/c1-18(2)16-7-4-3-6-14(16)15-9-8-13(12-17(15)18)20-11-5-10-19-20;1-2-8-13-12(6-1)7-5-9-14(13)17-18-15-10-3-4-11-16(15)19-17;1-2-7-14(8-3-1)15-9-6-10-16(13-15)17-11-4-5-12-18-17;1-2-6-10(7-3-1)13-14-11-8-4-5-9-12(11)15-13;13-12(14,15)10-6-4-9(5-7-10)11-3-1-2-8-16-11;1-2-6-10(7-3-1)11-8-4-5-9-12-11;1-2-6-10-8(4-1)9-5-3-7-11-9;3*1-4(6)3-5(2)7;;;;;;;/h3-7,9-12H,1-2H3;1-8,10-11H;1-9,11-13H;1-6,8-9H;1-4,6-8H;1-6,8-9H;1-4,6-7H;3*3,6H,1-2H3;;;;;;;/q7*-1;;;;;;;;;;. The number of thiophene rings is 1. The quantitative estimate of drug-likeness (QED) is 0.0623. The van der Waals surface area contributed by atoms with Crippen LogP contribution in [-0.4, -0.2) is 72.4 Å². The molecule has 0 bridgehead atoms. The van der Waals surface area contributed by atoms with Crippen molar-refractivity contribution in [1.82, 2.24) is 39.7 Å². The molecule has 0 unspecified atom stereocenters. The van der Waals surface area contributed by atoms with Crippen LogP contribution >= 0.6 is 22.7 Å². The number of carbonyl (C=O) groups is 3. The molecule has 0 aliphatic heterocycles. The molecule has 0 amide bonds. The molecule has 0 atom stereocenters. The van der Waals surface area contributed by atoms with Crippen molar-refractivity contribution >= 4 is 72.1 Å². The number of aromatic nitrogens is 8. The molecule has 0 fully saturated rings. The van der Waals surface area contributed by atoms with Gasteiger partial charge in [-0.3, -0.25) is 29.0 Å². The van der Waals surface area contributed by atoms with Gasteiger partial charge in [-0.15, -0.1) is 183 Å². The number of para-hydroxylation sites is 3. The normalized spacial score (nSPS) is 10.8. The van der Waals surface area contributed by atoms with Crippen molar-refractivity contribution in [2.75, 3.05) is 0 Å². The summed E-state index contributed by atoms with van der Waals surface area (Å²) >= 11 is 3.38. The van der Waals surface area contributed by atoms with E-state index in [1.54, 1.807) is 71.9 Å². The molecule has 20 rings (SSSR count). The average Bonchev–Trinajstić information content (AvgIpc) is 1.58. The number of aliphatic hydroxyl groups excluding tert-OH is 3. The summed E-state index contributed by atoms with van der Waals surface area (Å²) in [5.41, 5.74) is 19.0. The van der Waals surface area contributed by atoms with Crippen molar-refractivity contribution in [3.8, 4) is 94.3 Å². The third-order valence-corrected chi connectivity index (χ3v) is 20.8. The second-order valence-corrected chi connectivity index (χ2v) is 31.5. The first kappa shape index (κ1) is 120. The second kappa shape index (κ2) is 61.9. The molecule has 15 nitrogen and oxygen atoms in total. The number of pyridine rings is 4. The Morgan fingerprint density at radius 1 is 0.424 bits per heavy atom. The van der Waals surface area contributed by atoms with Gasteiger partial charge in [0.1, 0.15) is 11.5 Å². The van der Waals surface area contributed by atoms with Gasteiger partial charge in [0.2, 0.25) is 0 Å². The molecular weight excluding hydrogens is 3040 g/mol. The number of thiazole rings is 1. The summed E-state index contributed by atoms with van der Waals surface area (Å²) in [6, 6.07) is 125. The Kier molecular flexibility index (Phi) is 53.4. The maximum atomic E-state index is 12.3. The number of aliphatic hydroxyl groups is 3. The van der Waals surface area contributed by atoms with Gasteiger partial charge in [-0.1, -0.05) is 187 Å². The fraction of sp³-hybridized carbons (Fsp3) is 0.0893. The van der Waals surface area contributed by atoms with E-state index in [2.05, 4.69) is 196 Å². The van der Waals surface area contributed by atoms with Gasteiger partial charge in [0, 0.05) is 207 Å². The summed E-state index contributed by atoms with van der Waals surface area (Å²) in [6.45, 7) is 13.1. The van der Waals surface area contributed by atoms with Crippen molar-refractivity contribution in [2.24, 2.45) is 0 Å². The molecule has 19 aromatic rings. The van der Waals surface area contributed by atoms with Crippen LogP contribution in [0.15, 0.2) is 404 Å². The Morgan fingerprint density at radius 2 is 0.935 bits per heavy atom. The van der Waals surface area contributed by atoms with E-state index in [4.69, 9.17) is 24.7 Å². The van der Waals surface area contributed by atoms with Gasteiger partial charge in [0.05, 0.1) is 28.3 Å². The van der Waals surface area contributed by atoms with E-state index in [-0.39, 0.29) is 182 Å². The first-order valence-electron chi connectivity index (χ1n) is 41.5. The molecule has 0 saturated carbocycles. The maximum absolute atomic E-state index is 12.3. The monoisotopic (exact) mass is 3130 g/mol. The summed E-state index contributed by atoms with van der Waals surface area (Å²) in [4.78, 5) is 57.1. The molecule has 139 heavy (non-hydrogen) atoms. The van der Waals surface area contributed by atoms with Gasteiger partial charge in [0.25, 0.3) is 0 Å². The minimum absolute atomic E-state index is 0. The van der Waals surface area contributed by atoms with E-state index in [0.29, 0.717) is 17.1 Å². The van der Waals surface area contributed by atoms with Crippen molar-refractivity contribution in [3.63, 3.8) is 0 Å². The molecule has 0 saturated heterocycles. The second-order valence-electron chi connectivity index (χ2n) is 29.5. The van der Waals surface area contributed by atoms with Crippen LogP contribution in [0.3, 0.4) is 0 Å². The number of benzene rings is 11. The maximum Gasteiger partial charge on any atom is 0.381 e. The topological polar surface area (TPSA) is 220 Å². The summed E-state index contributed by atoms with van der Waals surface area (Å²) in [6.07, 6.45) is 9.89. The fourth-order valence-electron chi connectivity index (χ4n) is 13.1.